The number of hydrogen-bond donors (Lipinski definition) is 1. The van der Waals surface area contributed by atoms with Crippen molar-refractivity contribution in [3.63, 3.8) is 0 Å². The van der Waals surface area contributed by atoms with Gasteiger partial charge in [-0.15, -0.1) is 0 Å². The lowest BCUT2D eigenvalue weighted by molar-refractivity contribution is -0.286. The van der Waals surface area contributed by atoms with E-state index in [2.05, 4.69) is 46.8 Å². The molecular formula is C23H32BrNO5. The van der Waals surface area contributed by atoms with Gasteiger partial charge in [-0.1, -0.05) is 41.9 Å². The van der Waals surface area contributed by atoms with E-state index in [1.807, 2.05) is 12.1 Å². The fourth-order valence-corrected chi connectivity index (χ4v) is 6.33. The highest BCUT2D eigenvalue weighted by Gasteiger charge is 2.69. The van der Waals surface area contributed by atoms with Crippen LogP contribution in [0, 0.1) is 16.7 Å². The molecule has 3 aliphatic rings. The topological polar surface area (TPSA) is 68.2 Å². The molecule has 166 valence electrons. The van der Waals surface area contributed by atoms with Crippen LogP contribution in [-0.4, -0.2) is 67.8 Å². The highest BCUT2D eigenvalue weighted by Crippen LogP contribution is 2.58. The molecule has 2 aliphatic heterocycles. The van der Waals surface area contributed by atoms with E-state index in [0.29, 0.717) is 51.5 Å². The van der Waals surface area contributed by atoms with Crippen molar-refractivity contribution in [3.8, 4) is 0 Å². The van der Waals surface area contributed by atoms with Crippen molar-refractivity contribution in [2.24, 2.45) is 16.7 Å². The number of esters is 1. The van der Waals surface area contributed by atoms with Gasteiger partial charge in [0.1, 0.15) is 5.41 Å². The number of fused-ring (bicyclic) bond motifs is 2. The molecule has 6 nitrogen and oxygen atoms in total. The number of aliphatic hydroxyl groups is 1. The molecule has 2 heterocycles. The number of carbonyl (C=O) groups excluding carboxylic acids is 1. The van der Waals surface area contributed by atoms with E-state index in [1.54, 1.807) is 0 Å². The summed E-state index contributed by atoms with van der Waals surface area (Å²) in [5, 5.41) is 11.8. The second-order valence-corrected chi connectivity index (χ2v) is 10.7. The number of rotatable bonds is 5. The molecule has 3 unspecified atom stereocenters. The molecule has 30 heavy (non-hydrogen) atoms. The molecule has 3 atom stereocenters. The third-order valence-corrected chi connectivity index (χ3v) is 7.38. The molecule has 0 aromatic heterocycles. The van der Waals surface area contributed by atoms with Crippen molar-refractivity contribution in [2.75, 3.05) is 40.0 Å². The molecule has 1 aromatic carbocycles. The van der Waals surface area contributed by atoms with Crippen LogP contribution in [0.25, 0.3) is 0 Å². The number of piperidine rings is 1. The van der Waals surface area contributed by atoms with E-state index in [-0.39, 0.29) is 5.97 Å². The molecule has 0 radical (unpaired) electrons. The van der Waals surface area contributed by atoms with Crippen molar-refractivity contribution >= 4 is 21.9 Å². The largest absolute Gasteiger partial charge is 0.468 e. The van der Waals surface area contributed by atoms with Gasteiger partial charge in [0, 0.05) is 42.4 Å². The van der Waals surface area contributed by atoms with Gasteiger partial charge in [0.05, 0.1) is 26.4 Å². The zero-order valence-corrected chi connectivity index (χ0v) is 19.6. The van der Waals surface area contributed by atoms with Crippen LogP contribution in [0.15, 0.2) is 28.7 Å². The van der Waals surface area contributed by atoms with E-state index in [4.69, 9.17) is 14.2 Å². The van der Waals surface area contributed by atoms with Crippen molar-refractivity contribution in [3.05, 3.63) is 34.3 Å². The number of halogens is 1. The van der Waals surface area contributed by atoms with Gasteiger partial charge in [0.2, 0.25) is 0 Å². The molecule has 1 aromatic rings. The van der Waals surface area contributed by atoms with Gasteiger partial charge in [-0.05, 0) is 30.0 Å². The van der Waals surface area contributed by atoms with Crippen LogP contribution in [0.3, 0.4) is 0 Å². The molecule has 1 spiro atoms. The maximum absolute atomic E-state index is 13.2. The van der Waals surface area contributed by atoms with Gasteiger partial charge in [-0.25, -0.2) is 0 Å². The first-order chi connectivity index (χ1) is 14.2. The Balaban J connectivity index is 1.79. The highest BCUT2D eigenvalue weighted by atomic mass is 79.9. The third kappa shape index (κ3) is 3.84. The Morgan fingerprint density at radius 2 is 1.90 bits per heavy atom. The van der Waals surface area contributed by atoms with Gasteiger partial charge >= 0.3 is 5.97 Å². The minimum atomic E-state index is -1.07. The van der Waals surface area contributed by atoms with Gasteiger partial charge in [0.25, 0.3) is 0 Å². The fraction of sp³-hybridized carbons (Fsp3) is 0.696. The van der Waals surface area contributed by atoms with Gasteiger partial charge in [-0.2, -0.15) is 0 Å². The van der Waals surface area contributed by atoms with E-state index in [1.165, 1.54) is 7.11 Å². The fourth-order valence-electron chi connectivity index (χ4n) is 6.07. The molecule has 3 fully saturated rings. The molecular weight excluding hydrogens is 450 g/mol. The number of nitrogens with zero attached hydrogens (tertiary/aromatic N) is 1. The number of benzene rings is 1. The number of likely N-dealkylation sites (tertiary alicyclic amines) is 1. The summed E-state index contributed by atoms with van der Waals surface area (Å²) >= 11 is 3.50. The van der Waals surface area contributed by atoms with Crippen molar-refractivity contribution in [1.82, 2.24) is 4.90 Å². The summed E-state index contributed by atoms with van der Waals surface area (Å²) < 4.78 is 18.5. The molecule has 2 saturated heterocycles. The molecule has 2 bridgehead atoms. The SMILES string of the molecule is COC(=O)C12CN(CC(C)C)CC(Cc3ccc(Br)cc3)(CC3(C1)OCCO3)C2O. The minimum absolute atomic E-state index is 0.324. The van der Waals surface area contributed by atoms with E-state index < -0.39 is 22.7 Å². The predicted octanol–water partition coefficient (Wildman–Crippen LogP) is 3.01. The maximum atomic E-state index is 13.2. The Labute approximate surface area is 187 Å². The van der Waals surface area contributed by atoms with Crippen LogP contribution in [0.5, 0.6) is 0 Å². The second kappa shape index (κ2) is 8.17. The first-order valence-corrected chi connectivity index (χ1v) is 11.5. The van der Waals surface area contributed by atoms with E-state index in [9.17, 15) is 9.90 Å². The number of aliphatic hydroxyl groups excluding tert-OH is 1. The number of methoxy groups -OCH3 is 1. The van der Waals surface area contributed by atoms with Crippen LogP contribution < -0.4 is 0 Å². The zero-order valence-electron chi connectivity index (χ0n) is 18.0. The molecule has 1 saturated carbocycles. The molecule has 1 N–H and O–H groups in total. The standard InChI is InChI=1S/C23H32BrNO5/c1-16(2)11-25-14-21(10-17-4-6-18(24)7-5-17)12-23(29-8-9-30-23)13-22(15-25,19(21)26)20(27)28-3/h4-7,16,19,26H,8-15H2,1-3H3. The van der Waals surface area contributed by atoms with E-state index >= 15 is 0 Å². The van der Waals surface area contributed by atoms with Crippen LogP contribution in [0.4, 0.5) is 0 Å². The second-order valence-electron chi connectivity index (χ2n) is 9.74. The summed E-state index contributed by atoms with van der Waals surface area (Å²) in [6.07, 6.45) is 0.696. The Bertz CT molecular complexity index is 778. The summed E-state index contributed by atoms with van der Waals surface area (Å²) in [4.78, 5) is 15.5. The molecule has 7 heteroatoms. The normalized spacial score (nSPS) is 33.2. The van der Waals surface area contributed by atoms with Gasteiger partial charge < -0.3 is 24.2 Å². The lowest BCUT2D eigenvalue weighted by Crippen LogP contribution is -2.72. The van der Waals surface area contributed by atoms with Crippen molar-refractivity contribution in [1.29, 1.82) is 0 Å². The highest BCUT2D eigenvalue weighted by molar-refractivity contribution is 9.10. The van der Waals surface area contributed by atoms with Crippen LogP contribution in [-0.2, 0) is 25.4 Å². The number of hydrogen-bond acceptors (Lipinski definition) is 6. The monoisotopic (exact) mass is 481 g/mol. The van der Waals surface area contributed by atoms with Gasteiger partial charge in [0.15, 0.2) is 5.79 Å². The Morgan fingerprint density at radius 1 is 1.23 bits per heavy atom. The number of ether oxygens (including phenoxy) is 3. The zero-order chi connectivity index (χ0) is 21.6. The first kappa shape index (κ1) is 22.2. The summed E-state index contributed by atoms with van der Waals surface area (Å²) in [6, 6.07) is 8.18. The Morgan fingerprint density at radius 3 is 2.50 bits per heavy atom. The summed E-state index contributed by atoms with van der Waals surface area (Å²) in [5.74, 6) is -0.762. The van der Waals surface area contributed by atoms with Crippen LogP contribution in [0.1, 0.15) is 32.3 Å². The summed E-state index contributed by atoms with van der Waals surface area (Å²) in [5.41, 5.74) is -0.519. The third-order valence-electron chi connectivity index (χ3n) is 6.85. The maximum Gasteiger partial charge on any atom is 0.315 e. The molecule has 0 amide bonds. The van der Waals surface area contributed by atoms with Crippen LogP contribution >= 0.6 is 15.9 Å². The Hall–Kier alpha value is -0.990. The summed E-state index contributed by atoms with van der Waals surface area (Å²) in [6.45, 7) is 7.39. The minimum Gasteiger partial charge on any atom is -0.468 e. The number of carbonyl (C=O) groups is 1. The van der Waals surface area contributed by atoms with Crippen molar-refractivity contribution < 1.29 is 24.1 Å². The van der Waals surface area contributed by atoms with Crippen molar-refractivity contribution in [2.45, 2.75) is 45.0 Å². The predicted molar refractivity (Wildman–Crippen MR) is 116 cm³/mol. The van der Waals surface area contributed by atoms with Crippen LogP contribution in [0.2, 0.25) is 0 Å². The Kier molecular flexibility index (Phi) is 6.05. The smallest absolute Gasteiger partial charge is 0.315 e. The molecule has 4 rings (SSSR count). The average molecular weight is 482 g/mol. The molecule has 1 aliphatic carbocycles. The quantitative estimate of drug-likeness (QED) is 0.651. The van der Waals surface area contributed by atoms with Gasteiger partial charge in [-0.3, -0.25) is 4.79 Å². The average Bonchev–Trinajstić information content (AvgIpc) is 3.12. The lowest BCUT2D eigenvalue weighted by Gasteiger charge is -2.61. The lowest BCUT2D eigenvalue weighted by atomic mass is 9.53. The summed E-state index contributed by atoms with van der Waals surface area (Å²) in [7, 11) is 1.40. The van der Waals surface area contributed by atoms with E-state index in [0.717, 1.165) is 16.6 Å². The first-order valence-electron chi connectivity index (χ1n) is 10.7.